The third-order valence-electron chi connectivity index (χ3n) is 5.34. The number of aromatic hydroxyl groups is 2. The highest BCUT2D eigenvalue weighted by atomic mass is 16.5. The van der Waals surface area contributed by atoms with Crippen LogP contribution in [-0.4, -0.2) is 40.3 Å². The molecule has 3 N–H and O–H groups in total. The van der Waals surface area contributed by atoms with Gasteiger partial charge < -0.3 is 24.8 Å². The van der Waals surface area contributed by atoms with E-state index in [4.69, 9.17) is 14.6 Å². The minimum atomic E-state index is -0.905. The lowest BCUT2D eigenvalue weighted by atomic mass is 9.98. The quantitative estimate of drug-likeness (QED) is 0.281. The Balaban J connectivity index is 1.78. The molecule has 0 aliphatic rings. The molecule has 0 bridgehead atoms. The van der Waals surface area contributed by atoms with Crippen molar-refractivity contribution in [2.75, 3.05) is 13.2 Å². The monoisotopic (exact) mass is 458 g/mol. The van der Waals surface area contributed by atoms with Crippen LogP contribution in [0, 0.1) is 18.8 Å². The van der Waals surface area contributed by atoms with Gasteiger partial charge in [-0.15, -0.1) is 0 Å². The van der Waals surface area contributed by atoms with Crippen LogP contribution in [0.4, 0.5) is 0 Å². The summed E-state index contributed by atoms with van der Waals surface area (Å²) in [5, 5.41) is 29.5. The van der Waals surface area contributed by atoms with Gasteiger partial charge in [-0.1, -0.05) is 26.8 Å². The molecule has 2 aromatic carbocycles. The largest absolute Gasteiger partial charge is 0.508 e. The zero-order chi connectivity index (χ0) is 24.5. The summed E-state index contributed by atoms with van der Waals surface area (Å²) < 4.78 is 11.4. The van der Waals surface area contributed by atoms with Gasteiger partial charge in [-0.2, -0.15) is 0 Å². The van der Waals surface area contributed by atoms with Crippen molar-refractivity contribution in [1.29, 1.82) is 0 Å². The smallest absolute Gasteiger partial charge is 0.306 e. The molecule has 0 heterocycles. The molecule has 0 saturated heterocycles. The second-order valence-electron chi connectivity index (χ2n) is 8.74. The molecule has 1 atom stereocenters. The van der Waals surface area contributed by atoms with E-state index >= 15 is 0 Å². The normalized spacial score (nSPS) is 11.9. The number of hydrogen-bond donors (Lipinski definition) is 3. The second kappa shape index (κ2) is 12.1. The van der Waals surface area contributed by atoms with Gasteiger partial charge in [0.2, 0.25) is 0 Å². The summed E-state index contributed by atoms with van der Waals surface area (Å²) in [6.45, 7) is 8.11. The van der Waals surface area contributed by atoms with Crippen molar-refractivity contribution >= 4 is 11.8 Å². The number of phenols is 2. The number of rotatable bonds is 13. The topological polar surface area (TPSA) is 113 Å². The van der Waals surface area contributed by atoms with Crippen LogP contribution in [-0.2, 0) is 11.2 Å². The van der Waals surface area contributed by atoms with Crippen LogP contribution in [0.1, 0.15) is 61.5 Å². The lowest BCUT2D eigenvalue weighted by Gasteiger charge is -2.14. The molecule has 1 unspecified atom stereocenters. The zero-order valence-corrected chi connectivity index (χ0v) is 19.8. The molecule has 0 radical (unpaired) electrons. The van der Waals surface area contributed by atoms with Crippen LogP contribution in [0.25, 0.3) is 0 Å². The summed E-state index contributed by atoms with van der Waals surface area (Å²) in [6, 6.07) is 8.22. The molecule has 0 fully saturated rings. The maximum absolute atomic E-state index is 12.2. The van der Waals surface area contributed by atoms with E-state index in [0.717, 1.165) is 0 Å². The van der Waals surface area contributed by atoms with Crippen LogP contribution in [0.5, 0.6) is 23.0 Å². The summed E-state index contributed by atoms with van der Waals surface area (Å²) in [5.74, 6) is -0.282. The van der Waals surface area contributed by atoms with E-state index in [0.29, 0.717) is 60.7 Å². The van der Waals surface area contributed by atoms with Crippen LogP contribution in [0.15, 0.2) is 30.3 Å². The van der Waals surface area contributed by atoms with Gasteiger partial charge in [0.25, 0.3) is 0 Å². The molecule has 0 amide bonds. The van der Waals surface area contributed by atoms with E-state index in [2.05, 4.69) is 0 Å². The van der Waals surface area contributed by atoms with Gasteiger partial charge in [0.05, 0.1) is 24.7 Å². The average molecular weight is 459 g/mol. The molecule has 7 nitrogen and oxygen atoms in total. The Kier molecular flexibility index (Phi) is 9.57. The Hall–Kier alpha value is -3.22. The Morgan fingerprint density at radius 3 is 2.24 bits per heavy atom. The van der Waals surface area contributed by atoms with Gasteiger partial charge in [-0.25, -0.2) is 0 Å². The molecule has 0 spiro atoms. The van der Waals surface area contributed by atoms with E-state index in [1.54, 1.807) is 38.1 Å². The number of ether oxygens (including phenoxy) is 2. The summed E-state index contributed by atoms with van der Waals surface area (Å²) in [7, 11) is 0. The van der Waals surface area contributed by atoms with Gasteiger partial charge in [-0.3, -0.25) is 9.59 Å². The summed E-state index contributed by atoms with van der Waals surface area (Å²) >= 11 is 0. The van der Waals surface area contributed by atoms with E-state index in [9.17, 15) is 19.8 Å². The first-order valence-corrected chi connectivity index (χ1v) is 11.3. The fourth-order valence-corrected chi connectivity index (χ4v) is 3.34. The maximum atomic E-state index is 12.2. The standard InChI is InChI=1S/C26H34O7/c1-16(2)13-23(28)21-9-10-24(18(4)25(21)29)33-12-6-5-11-32-20-8-7-19(22(27)15-20)14-17(3)26(30)31/h7-10,15-17,27,29H,5-6,11-14H2,1-4H3,(H,30,31). The highest BCUT2D eigenvalue weighted by Gasteiger charge is 2.17. The van der Waals surface area contributed by atoms with Gasteiger partial charge in [0.1, 0.15) is 23.0 Å². The molecule has 0 aromatic heterocycles. The number of carboxylic acid groups (broad SMARTS) is 1. The van der Waals surface area contributed by atoms with Crippen LogP contribution in [0.3, 0.4) is 0 Å². The van der Waals surface area contributed by atoms with Crippen molar-refractivity contribution in [3.8, 4) is 23.0 Å². The second-order valence-corrected chi connectivity index (χ2v) is 8.74. The fraction of sp³-hybridized carbons (Fsp3) is 0.462. The molecule has 33 heavy (non-hydrogen) atoms. The predicted octanol–water partition coefficient (Wildman–Crippen LogP) is 5.14. The highest BCUT2D eigenvalue weighted by Crippen LogP contribution is 2.32. The van der Waals surface area contributed by atoms with Crippen molar-refractivity contribution in [2.45, 2.75) is 53.4 Å². The highest BCUT2D eigenvalue weighted by molar-refractivity contribution is 5.99. The Morgan fingerprint density at radius 2 is 1.64 bits per heavy atom. The first-order chi connectivity index (χ1) is 15.6. The first kappa shape index (κ1) is 26.0. The molecular formula is C26H34O7. The lowest BCUT2D eigenvalue weighted by Crippen LogP contribution is -2.12. The third-order valence-corrected chi connectivity index (χ3v) is 5.34. The molecule has 2 aromatic rings. The lowest BCUT2D eigenvalue weighted by molar-refractivity contribution is -0.141. The van der Waals surface area contributed by atoms with E-state index in [-0.39, 0.29) is 29.6 Å². The van der Waals surface area contributed by atoms with Crippen LogP contribution < -0.4 is 9.47 Å². The van der Waals surface area contributed by atoms with Gasteiger partial charge in [0.15, 0.2) is 5.78 Å². The average Bonchev–Trinajstić information content (AvgIpc) is 2.74. The Bertz CT molecular complexity index is 965. The summed E-state index contributed by atoms with van der Waals surface area (Å²) in [4.78, 5) is 23.2. The minimum absolute atomic E-state index is 0.0227. The van der Waals surface area contributed by atoms with Crippen molar-refractivity contribution in [3.63, 3.8) is 0 Å². The van der Waals surface area contributed by atoms with Gasteiger partial charge in [0, 0.05) is 18.1 Å². The predicted molar refractivity (Wildman–Crippen MR) is 125 cm³/mol. The SMILES string of the molecule is Cc1c(OCCCCOc2ccc(CC(C)C(=O)O)c(O)c2)ccc(C(=O)CC(C)C)c1O. The fourth-order valence-electron chi connectivity index (χ4n) is 3.34. The van der Waals surface area contributed by atoms with Gasteiger partial charge in [-0.05, 0) is 55.9 Å². The molecule has 0 aliphatic carbocycles. The van der Waals surface area contributed by atoms with Gasteiger partial charge >= 0.3 is 5.97 Å². The van der Waals surface area contributed by atoms with E-state index in [1.165, 1.54) is 6.07 Å². The van der Waals surface area contributed by atoms with Crippen LogP contribution in [0.2, 0.25) is 0 Å². The number of aliphatic carboxylic acids is 1. The van der Waals surface area contributed by atoms with Crippen molar-refractivity contribution in [2.24, 2.45) is 11.8 Å². The number of unbranched alkanes of at least 4 members (excludes halogenated alkanes) is 1. The number of ketones is 1. The van der Waals surface area contributed by atoms with E-state index < -0.39 is 11.9 Å². The third kappa shape index (κ3) is 7.70. The number of benzene rings is 2. The molecule has 0 saturated carbocycles. The zero-order valence-electron chi connectivity index (χ0n) is 19.8. The molecule has 0 aliphatic heterocycles. The molecular weight excluding hydrogens is 424 g/mol. The number of carbonyl (C=O) groups is 2. The number of phenolic OH excluding ortho intramolecular Hbond substituents is 2. The summed E-state index contributed by atoms with van der Waals surface area (Å²) in [6.07, 6.45) is 2.07. The van der Waals surface area contributed by atoms with Crippen molar-refractivity contribution in [3.05, 3.63) is 47.0 Å². The van der Waals surface area contributed by atoms with E-state index in [1.807, 2.05) is 13.8 Å². The number of Topliss-reactive ketones (excluding diaryl/α,β-unsaturated/α-hetero) is 1. The summed E-state index contributed by atoms with van der Waals surface area (Å²) in [5.41, 5.74) is 1.45. The first-order valence-electron chi connectivity index (χ1n) is 11.3. The minimum Gasteiger partial charge on any atom is -0.508 e. The number of carboxylic acids is 1. The Morgan fingerprint density at radius 1 is 0.970 bits per heavy atom. The number of carbonyl (C=O) groups excluding carboxylic acids is 1. The van der Waals surface area contributed by atoms with Crippen LogP contribution >= 0.6 is 0 Å². The number of hydrogen-bond acceptors (Lipinski definition) is 6. The maximum Gasteiger partial charge on any atom is 0.306 e. The molecule has 2 rings (SSSR count). The van der Waals surface area contributed by atoms with Crippen molar-refractivity contribution < 1.29 is 34.4 Å². The molecule has 7 heteroatoms. The van der Waals surface area contributed by atoms with Crippen molar-refractivity contribution in [1.82, 2.24) is 0 Å². The molecule has 180 valence electrons. The Labute approximate surface area is 195 Å².